The van der Waals surface area contributed by atoms with Gasteiger partial charge in [-0.3, -0.25) is 19.2 Å². The molecule has 0 radical (unpaired) electrons. The first-order valence-corrected chi connectivity index (χ1v) is 13.9. The molecule has 0 saturated heterocycles. The lowest BCUT2D eigenvalue weighted by atomic mass is 10.2. The van der Waals surface area contributed by atoms with Gasteiger partial charge in [0.05, 0.1) is 0 Å². The van der Waals surface area contributed by atoms with Crippen molar-refractivity contribution in [2.75, 3.05) is 41.1 Å². The predicted molar refractivity (Wildman–Crippen MR) is 167 cm³/mol. The third-order valence-electron chi connectivity index (χ3n) is 6.25. The van der Waals surface area contributed by atoms with Gasteiger partial charge in [-0.05, 0) is 55.5 Å². The summed E-state index contributed by atoms with van der Waals surface area (Å²) in [6.45, 7) is 0.720. The van der Waals surface area contributed by atoms with Crippen LogP contribution in [0.25, 0.3) is 0 Å². The number of carbonyl (C=O) groups is 4. The maximum absolute atomic E-state index is 12.8. The van der Waals surface area contributed by atoms with Gasteiger partial charge in [0.2, 0.25) is 0 Å². The standard InChI is InChI=1S/C33H30N4O8/c1-21-33(41)37-25-9-4-12-28(16-25)44-19-31(39)35-23-7-2-10-26(14-23)42-18-30(38)34-22-6-3-11-27(15-22)43-20-32(40)36-24-8-5-13-29(17-24)45-21/h2-17,21H,18-20H2,1H3,(H,34,38)(H,35,39)(H,36,40)(H,37,41)/t21-/m0/s1. The summed E-state index contributed by atoms with van der Waals surface area (Å²) in [5.41, 5.74) is 1.79. The average Bonchev–Trinajstić information content (AvgIpc) is 3.02. The molecule has 12 heteroatoms. The highest BCUT2D eigenvalue weighted by atomic mass is 16.5. The molecule has 0 aromatic heterocycles. The molecule has 1 aliphatic rings. The van der Waals surface area contributed by atoms with Crippen LogP contribution in [0.15, 0.2) is 97.1 Å². The Balaban J connectivity index is 1.32. The zero-order valence-electron chi connectivity index (χ0n) is 24.2. The fourth-order valence-electron chi connectivity index (χ4n) is 4.18. The van der Waals surface area contributed by atoms with E-state index in [1.54, 1.807) is 104 Å². The lowest BCUT2D eigenvalue weighted by Crippen LogP contribution is -2.30. The van der Waals surface area contributed by atoms with Crippen molar-refractivity contribution >= 4 is 46.4 Å². The molecule has 45 heavy (non-hydrogen) atoms. The Kier molecular flexibility index (Phi) is 9.75. The van der Waals surface area contributed by atoms with Gasteiger partial charge in [-0.25, -0.2) is 0 Å². The Hall–Kier alpha value is -6.04. The van der Waals surface area contributed by atoms with Crippen LogP contribution in [0.4, 0.5) is 22.7 Å². The molecule has 5 rings (SSSR count). The molecule has 0 aliphatic carbocycles. The first-order valence-electron chi connectivity index (χ1n) is 13.9. The highest BCUT2D eigenvalue weighted by molar-refractivity contribution is 5.95. The zero-order valence-corrected chi connectivity index (χ0v) is 24.2. The van der Waals surface area contributed by atoms with E-state index in [1.165, 1.54) is 0 Å². The summed E-state index contributed by atoms with van der Waals surface area (Å²) in [6, 6.07) is 26.4. The summed E-state index contributed by atoms with van der Waals surface area (Å²) < 4.78 is 22.6. The Bertz CT molecular complexity index is 1710. The maximum Gasteiger partial charge on any atom is 0.265 e. The summed E-state index contributed by atoms with van der Waals surface area (Å²) in [4.78, 5) is 50.5. The summed E-state index contributed by atoms with van der Waals surface area (Å²) in [5, 5.41) is 10.9. The van der Waals surface area contributed by atoms with Gasteiger partial charge in [-0.1, -0.05) is 24.3 Å². The second-order valence-corrected chi connectivity index (χ2v) is 9.87. The van der Waals surface area contributed by atoms with Crippen molar-refractivity contribution in [2.45, 2.75) is 13.0 Å². The molecule has 1 heterocycles. The highest BCUT2D eigenvalue weighted by Gasteiger charge is 2.16. The predicted octanol–water partition coefficient (Wildman–Crippen LogP) is 4.46. The van der Waals surface area contributed by atoms with E-state index in [-0.39, 0.29) is 19.8 Å². The van der Waals surface area contributed by atoms with Crippen molar-refractivity contribution in [3.05, 3.63) is 97.1 Å². The Morgan fingerprint density at radius 2 is 0.822 bits per heavy atom. The van der Waals surface area contributed by atoms with E-state index in [1.807, 2.05) is 0 Å². The highest BCUT2D eigenvalue weighted by Crippen LogP contribution is 2.22. The molecule has 1 atom stereocenters. The van der Waals surface area contributed by atoms with Gasteiger partial charge < -0.3 is 40.2 Å². The monoisotopic (exact) mass is 610 g/mol. The second-order valence-electron chi connectivity index (χ2n) is 9.87. The van der Waals surface area contributed by atoms with E-state index in [9.17, 15) is 19.2 Å². The molecule has 8 bridgehead atoms. The molecule has 4 aromatic carbocycles. The Morgan fingerprint density at radius 1 is 0.489 bits per heavy atom. The lowest BCUT2D eigenvalue weighted by Gasteiger charge is -2.16. The molecule has 230 valence electrons. The molecular weight excluding hydrogens is 580 g/mol. The topological polar surface area (TPSA) is 153 Å². The Morgan fingerprint density at radius 3 is 1.22 bits per heavy atom. The van der Waals surface area contributed by atoms with E-state index in [0.29, 0.717) is 45.7 Å². The van der Waals surface area contributed by atoms with Gasteiger partial charge in [-0.15, -0.1) is 0 Å². The number of benzene rings is 4. The molecule has 0 unspecified atom stereocenters. The van der Waals surface area contributed by atoms with Crippen molar-refractivity contribution in [3.63, 3.8) is 0 Å². The molecule has 4 N–H and O–H groups in total. The van der Waals surface area contributed by atoms with Gasteiger partial charge in [0.25, 0.3) is 23.6 Å². The van der Waals surface area contributed by atoms with Crippen LogP contribution in [0.5, 0.6) is 23.0 Å². The van der Waals surface area contributed by atoms with Crippen molar-refractivity contribution < 1.29 is 38.1 Å². The van der Waals surface area contributed by atoms with Crippen LogP contribution in [0.2, 0.25) is 0 Å². The molecule has 12 nitrogen and oxygen atoms in total. The minimum Gasteiger partial charge on any atom is -0.484 e. The minimum atomic E-state index is -0.881. The smallest absolute Gasteiger partial charge is 0.265 e. The second kappa shape index (κ2) is 14.4. The van der Waals surface area contributed by atoms with Crippen LogP contribution in [-0.4, -0.2) is 49.6 Å². The van der Waals surface area contributed by atoms with Crippen LogP contribution in [-0.2, 0) is 19.2 Å². The summed E-state index contributed by atoms with van der Waals surface area (Å²) in [6.07, 6.45) is -0.881. The van der Waals surface area contributed by atoms with Crippen LogP contribution < -0.4 is 40.2 Å². The van der Waals surface area contributed by atoms with Gasteiger partial charge in [0, 0.05) is 47.0 Å². The van der Waals surface area contributed by atoms with Gasteiger partial charge >= 0.3 is 0 Å². The van der Waals surface area contributed by atoms with E-state index in [0.717, 1.165) is 0 Å². The number of carbonyl (C=O) groups excluding carboxylic acids is 4. The number of amides is 4. The fraction of sp³-hybridized carbons (Fsp3) is 0.152. The van der Waals surface area contributed by atoms with Crippen LogP contribution in [0.1, 0.15) is 6.92 Å². The van der Waals surface area contributed by atoms with Gasteiger partial charge in [-0.2, -0.15) is 0 Å². The third-order valence-corrected chi connectivity index (χ3v) is 6.25. The van der Waals surface area contributed by atoms with Crippen molar-refractivity contribution in [2.24, 2.45) is 0 Å². The SMILES string of the molecule is C[C@@H]1Oc2cccc(c2)NC(=O)COc2cccc(c2)NC(=O)COc2cccc(c2)NC(=O)COc2cccc(c2)NC1=O. The van der Waals surface area contributed by atoms with Crippen molar-refractivity contribution in [1.82, 2.24) is 0 Å². The first kappa shape index (κ1) is 30.4. The summed E-state index contributed by atoms with van der Waals surface area (Å²) in [7, 11) is 0. The lowest BCUT2D eigenvalue weighted by molar-refractivity contribution is -0.122. The summed E-state index contributed by atoms with van der Waals surface area (Å²) in [5.74, 6) is -0.211. The fourth-order valence-corrected chi connectivity index (χ4v) is 4.18. The van der Waals surface area contributed by atoms with Crippen molar-refractivity contribution in [3.8, 4) is 23.0 Å². The average molecular weight is 611 g/mol. The van der Waals surface area contributed by atoms with E-state index in [4.69, 9.17) is 18.9 Å². The Labute approximate surface area is 258 Å². The minimum absolute atomic E-state index is 0.289. The normalized spacial score (nSPS) is 16.3. The van der Waals surface area contributed by atoms with Crippen molar-refractivity contribution in [1.29, 1.82) is 0 Å². The van der Waals surface area contributed by atoms with Gasteiger partial charge in [0.1, 0.15) is 23.0 Å². The van der Waals surface area contributed by atoms with E-state index >= 15 is 0 Å². The number of rotatable bonds is 0. The molecular formula is C33H30N4O8. The number of hydrogen-bond donors (Lipinski definition) is 4. The number of nitrogens with one attached hydrogen (secondary N) is 4. The number of fused-ring (bicyclic) bond motifs is 8. The molecule has 4 amide bonds. The maximum atomic E-state index is 12.8. The molecule has 1 aliphatic heterocycles. The van der Waals surface area contributed by atoms with Crippen LogP contribution in [0.3, 0.4) is 0 Å². The quantitative estimate of drug-likeness (QED) is 0.228. The first-order chi connectivity index (χ1) is 21.8. The molecule has 0 spiro atoms. The van der Waals surface area contributed by atoms with E-state index < -0.39 is 29.7 Å². The van der Waals surface area contributed by atoms with Crippen LogP contribution >= 0.6 is 0 Å². The number of hydrogen-bond acceptors (Lipinski definition) is 8. The van der Waals surface area contributed by atoms with Gasteiger partial charge in [0.15, 0.2) is 25.9 Å². The molecule has 0 saturated carbocycles. The van der Waals surface area contributed by atoms with Crippen LogP contribution in [0, 0.1) is 0 Å². The number of ether oxygens (including phenoxy) is 4. The largest absolute Gasteiger partial charge is 0.484 e. The summed E-state index contributed by atoms with van der Waals surface area (Å²) >= 11 is 0. The molecule has 0 fully saturated rings. The third kappa shape index (κ3) is 9.22. The van der Waals surface area contributed by atoms with E-state index in [2.05, 4.69) is 21.3 Å². The number of anilines is 4. The molecule has 4 aromatic rings. The zero-order chi connectivity index (χ0) is 31.6.